The van der Waals surface area contributed by atoms with Gasteiger partial charge in [-0.3, -0.25) is 14.6 Å². The van der Waals surface area contributed by atoms with E-state index in [1.165, 1.54) is 6.07 Å². The Morgan fingerprint density at radius 2 is 1.64 bits per heavy atom. The van der Waals surface area contributed by atoms with E-state index in [2.05, 4.69) is 15.6 Å². The average Bonchev–Trinajstić information content (AvgIpc) is 2.84. The molecule has 5 rings (SSSR count). The van der Waals surface area contributed by atoms with Crippen molar-refractivity contribution in [1.29, 1.82) is 0 Å². The van der Waals surface area contributed by atoms with Gasteiger partial charge in [-0.2, -0.15) is 0 Å². The molecule has 0 unspecified atom stereocenters. The molecule has 0 spiro atoms. The minimum Gasteiger partial charge on any atom is -0.508 e. The zero-order valence-corrected chi connectivity index (χ0v) is 17.4. The van der Waals surface area contributed by atoms with E-state index in [-0.39, 0.29) is 29.4 Å². The highest BCUT2D eigenvalue weighted by atomic mass is 16.3. The Bertz CT molecular complexity index is 1560. The zero-order chi connectivity index (χ0) is 22.9. The third kappa shape index (κ3) is 3.76. The number of pyridine rings is 1. The molecule has 0 fully saturated rings. The maximum Gasteiger partial charge on any atom is 0.253 e. The zero-order valence-electron chi connectivity index (χ0n) is 17.4. The number of aromatic nitrogens is 1. The fourth-order valence-electron chi connectivity index (χ4n) is 3.82. The van der Waals surface area contributed by atoms with Crippen molar-refractivity contribution in [3.8, 4) is 22.8 Å². The van der Waals surface area contributed by atoms with Crippen LogP contribution in [0.4, 0.5) is 17.1 Å². The molecule has 4 aromatic carbocycles. The number of benzene rings is 3. The summed E-state index contributed by atoms with van der Waals surface area (Å²) in [6.45, 7) is 0.273. The van der Waals surface area contributed by atoms with Crippen LogP contribution in [-0.2, 0) is 6.54 Å². The van der Waals surface area contributed by atoms with Gasteiger partial charge in [-0.15, -0.1) is 0 Å². The van der Waals surface area contributed by atoms with Crippen molar-refractivity contribution in [3.05, 3.63) is 105 Å². The lowest BCUT2D eigenvalue weighted by Crippen LogP contribution is -2.36. The number of nitrogens with one attached hydrogen (secondary N) is 2. The van der Waals surface area contributed by atoms with Gasteiger partial charge in [-0.05, 0) is 47.3 Å². The van der Waals surface area contributed by atoms with E-state index < -0.39 is 10.9 Å². The maximum atomic E-state index is 12.2. The van der Waals surface area contributed by atoms with Gasteiger partial charge in [0.05, 0.1) is 5.69 Å². The summed E-state index contributed by atoms with van der Waals surface area (Å²) in [5.41, 5.74) is 1.53. The smallest absolute Gasteiger partial charge is 0.253 e. The Hall–Kier alpha value is -4.65. The van der Waals surface area contributed by atoms with Crippen molar-refractivity contribution in [3.63, 3.8) is 0 Å². The van der Waals surface area contributed by atoms with Crippen molar-refractivity contribution < 1.29 is 10.2 Å². The molecule has 0 amide bonds. The van der Waals surface area contributed by atoms with Crippen LogP contribution in [0.15, 0.2) is 88.6 Å². The monoisotopic (exact) mass is 437 g/mol. The fourth-order valence-corrected chi connectivity index (χ4v) is 3.82. The Morgan fingerprint density at radius 3 is 2.48 bits per heavy atom. The summed E-state index contributed by atoms with van der Waals surface area (Å²) in [7, 11) is 0. The first-order valence-electron chi connectivity index (χ1n) is 10.3. The van der Waals surface area contributed by atoms with E-state index in [0.717, 1.165) is 16.3 Å². The normalized spacial score (nSPS) is 11.0. The van der Waals surface area contributed by atoms with Gasteiger partial charge in [0.25, 0.3) is 10.9 Å². The lowest BCUT2D eigenvalue weighted by Gasteiger charge is -2.16. The second-order valence-corrected chi connectivity index (χ2v) is 7.67. The topological polar surface area (TPSA) is 112 Å². The minimum atomic E-state index is -0.619. The molecule has 33 heavy (non-hydrogen) atoms. The average molecular weight is 437 g/mol. The van der Waals surface area contributed by atoms with Crippen LogP contribution in [0, 0.1) is 0 Å². The largest absolute Gasteiger partial charge is 0.508 e. The number of phenolic OH excluding ortho intramolecular Hbond substituents is 2. The highest BCUT2D eigenvalue weighted by Crippen LogP contribution is 2.35. The second-order valence-electron chi connectivity index (χ2n) is 7.67. The number of fused-ring (bicyclic) bond motifs is 1. The molecule has 0 saturated carbocycles. The van der Waals surface area contributed by atoms with Gasteiger partial charge in [0, 0.05) is 29.4 Å². The molecule has 4 N–H and O–H groups in total. The quantitative estimate of drug-likeness (QED) is 0.232. The fraction of sp³-hybridized carbons (Fsp3) is 0.0385. The molecule has 0 atom stereocenters. The van der Waals surface area contributed by atoms with E-state index >= 15 is 0 Å². The molecule has 0 radical (unpaired) electrons. The van der Waals surface area contributed by atoms with Crippen LogP contribution in [0.3, 0.4) is 0 Å². The van der Waals surface area contributed by atoms with Crippen molar-refractivity contribution in [1.82, 2.24) is 4.98 Å². The van der Waals surface area contributed by atoms with Crippen LogP contribution >= 0.6 is 0 Å². The first-order valence-corrected chi connectivity index (χ1v) is 10.3. The molecule has 162 valence electrons. The molecule has 1 aromatic heterocycles. The first kappa shape index (κ1) is 20.3. The van der Waals surface area contributed by atoms with E-state index in [1.54, 1.807) is 42.6 Å². The van der Waals surface area contributed by atoms with Gasteiger partial charge in [-0.25, -0.2) is 0 Å². The molecule has 5 aromatic rings. The Balaban J connectivity index is 1.45. The summed E-state index contributed by atoms with van der Waals surface area (Å²) < 4.78 is 0. The van der Waals surface area contributed by atoms with Crippen LogP contribution in [-0.4, -0.2) is 15.2 Å². The second kappa shape index (κ2) is 8.12. The van der Waals surface area contributed by atoms with Crippen LogP contribution in [0.25, 0.3) is 22.0 Å². The predicted octanol–water partition coefficient (Wildman–Crippen LogP) is 4.26. The third-order valence-electron chi connectivity index (χ3n) is 5.48. The SMILES string of the molecule is O=c1c(NCc2cccc(O)c2)c(Nc2ccc(O)c(-c3nccc4ccccc34)c2)c1=O. The van der Waals surface area contributed by atoms with Crippen LogP contribution in [0.2, 0.25) is 0 Å². The Labute approximate surface area is 188 Å². The van der Waals surface area contributed by atoms with Crippen LogP contribution in [0.5, 0.6) is 11.5 Å². The van der Waals surface area contributed by atoms with Crippen molar-refractivity contribution in [2.45, 2.75) is 6.54 Å². The van der Waals surface area contributed by atoms with Gasteiger partial charge < -0.3 is 20.8 Å². The molecule has 0 saturated heterocycles. The number of anilines is 3. The van der Waals surface area contributed by atoms with Gasteiger partial charge in [0.2, 0.25) is 0 Å². The highest BCUT2D eigenvalue weighted by Gasteiger charge is 2.21. The molecule has 1 heterocycles. The predicted molar refractivity (Wildman–Crippen MR) is 129 cm³/mol. The molecule has 7 heteroatoms. The van der Waals surface area contributed by atoms with Crippen molar-refractivity contribution >= 4 is 27.8 Å². The first-order chi connectivity index (χ1) is 16.0. The lowest BCUT2D eigenvalue weighted by atomic mass is 10.0. The molecule has 7 nitrogen and oxygen atoms in total. The molecule has 0 bridgehead atoms. The number of hydrogen-bond acceptors (Lipinski definition) is 7. The van der Waals surface area contributed by atoms with Crippen LogP contribution < -0.4 is 21.5 Å². The summed E-state index contributed by atoms with van der Waals surface area (Å²) in [4.78, 5) is 28.8. The van der Waals surface area contributed by atoms with Gasteiger partial charge >= 0.3 is 0 Å². The molecule has 0 aliphatic heterocycles. The Kier molecular flexibility index (Phi) is 4.99. The van der Waals surface area contributed by atoms with Gasteiger partial charge in [0.15, 0.2) is 0 Å². The number of hydrogen-bond donors (Lipinski definition) is 4. The van der Waals surface area contributed by atoms with Gasteiger partial charge in [-0.1, -0.05) is 36.4 Å². The summed E-state index contributed by atoms with van der Waals surface area (Å²) in [5.74, 6) is 0.174. The molecule has 0 aliphatic rings. The number of phenols is 2. The minimum absolute atomic E-state index is 0.0524. The highest BCUT2D eigenvalue weighted by molar-refractivity contribution is 5.96. The third-order valence-corrected chi connectivity index (χ3v) is 5.48. The lowest BCUT2D eigenvalue weighted by molar-refractivity contribution is 0.474. The van der Waals surface area contributed by atoms with E-state index in [9.17, 15) is 19.8 Å². The number of rotatable bonds is 6. The van der Waals surface area contributed by atoms with Crippen molar-refractivity contribution in [2.24, 2.45) is 0 Å². The summed E-state index contributed by atoms with van der Waals surface area (Å²) >= 11 is 0. The molecular formula is C26H19N3O4. The standard InChI is InChI=1S/C26H19N3O4/c30-18-6-3-4-15(12-18)14-28-23-24(26(33)25(23)32)29-17-8-9-21(31)20(13-17)22-19-7-2-1-5-16(19)10-11-27-22/h1-13,28-31H,14H2. The van der Waals surface area contributed by atoms with Crippen molar-refractivity contribution in [2.75, 3.05) is 10.6 Å². The number of aromatic hydroxyl groups is 2. The van der Waals surface area contributed by atoms with E-state index in [4.69, 9.17) is 0 Å². The molecule has 0 aliphatic carbocycles. The maximum absolute atomic E-state index is 12.2. The van der Waals surface area contributed by atoms with Gasteiger partial charge in [0.1, 0.15) is 22.9 Å². The Morgan fingerprint density at radius 1 is 0.818 bits per heavy atom. The van der Waals surface area contributed by atoms with Crippen LogP contribution in [0.1, 0.15) is 5.56 Å². The summed E-state index contributed by atoms with van der Waals surface area (Å²) in [6, 6.07) is 21.1. The summed E-state index contributed by atoms with van der Waals surface area (Å²) in [6.07, 6.45) is 1.68. The number of nitrogens with zero attached hydrogens (tertiary/aromatic N) is 1. The molecular weight excluding hydrogens is 418 g/mol. The van der Waals surface area contributed by atoms with E-state index in [0.29, 0.717) is 16.9 Å². The van der Waals surface area contributed by atoms with E-state index in [1.807, 2.05) is 30.3 Å². The summed E-state index contributed by atoms with van der Waals surface area (Å²) in [5, 5.41) is 27.9.